The minimum absolute atomic E-state index is 0.0216. The molecule has 0 radical (unpaired) electrons. The maximum Gasteiger partial charge on any atom is 0.266 e. The molecule has 0 aliphatic carbocycles. The molecule has 1 heterocycles. The van der Waals surface area contributed by atoms with Crippen LogP contribution in [0.3, 0.4) is 0 Å². The van der Waals surface area contributed by atoms with Crippen molar-refractivity contribution in [1.82, 2.24) is 9.78 Å². The molecule has 1 amide bonds. The van der Waals surface area contributed by atoms with Crippen molar-refractivity contribution in [3.63, 3.8) is 0 Å². The molecule has 3 aromatic rings. The van der Waals surface area contributed by atoms with Crippen LogP contribution in [0.1, 0.15) is 24.8 Å². The fourth-order valence-electron chi connectivity index (χ4n) is 2.87. The van der Waals surface area contributed by atoms with E-state index in [1.54, 1.807) is 13.1 Å². The summed E-state index contributed by atoms with van der Waals surface area (Å²) in [7, 11) is 1.62. The van der Waals surface area contributed by atoms with Gasteiger partial charge in [0.2, 0.25) is 5.91 Å². The first kappa shape index (κ1) is 17.6. The van der Waals surface area contributed by atoms with Crippen molar-refractivity contribution in [3.8, 4) is 11.3 Å². The average Bonchev–Trinajstić information content (AvgIpc) is 2.66. The number of nitrogens with one attached hydrogen (secondary N) is 1. The monoisotopic (exact) mass is 347 g/mol. The number of nitrogens with zero attached hydrogens (tertiary/aromatic N) is 2. The highest BCUT2D eigenvalue weighted by Gasteiger charge is 2.18. The van der Waals surface area contributed by atoms with Crippen molar-refractivity contribution in [2.24, 2.45) is 7.05 Å². The van der Waals surface area contributed by atoms with Crippen molar-refractivity contribution in [2.45, 2.75) is 19.3 Å². The summed E-state index contributed by atoms with van der Waals surface area (Å²) in [4.78, 5) is 24.1. The minimum atomic E-state index is -0.179. The lowest BCUT2D eigenvalue weighted by Gasteiger charge is -2.15. The lowest BCUT2D eigenvalue weighted by Crippen LogP contribution is -2.20. The second kappa shape index (κ2) is 7.78. The smallest absolute Gasteiger partial charge is 0.266 e. The summed E-state index contributed by atoms with van der Waals surface area (Å²) >= 11 is 0. The van der Waals surface area contributed by atoms with Crippen LogP contribution in [0.15, 0.2) is 71.5 Å². The van der Waals surface area contributed by atoms with Gasteiger partial charge >= 0.3 is 0 Å². The van der Waals surface area contributed by atoms with E-state index in [1.807, 2.05) is 61.5 Å². The molecular weight excluding hydrogens is 326 g/mol. The maximum atomic E-state index is 12.6. The van der Waals surface area contributed by atoms with Gasteiger partial charge in [-0.2, -0.15) is 5.10 Å². The average molecular weight is 347 g/mol. The number of anilines is 1. The maximum absolute atomic E-state index is 12.6. The van der Waals surface area contributed by atoms with E-state index in [0.29, 0.717) is 5.69 Å². The molecule has 5 nitrogen and oxygen atoms in total. The number of carbonyl (C=O) groups is 1. The van der Waals surface area contributed by atoms with Crippen molar-refractivity contribution in [3.05, 3.63) is 82.6 Å². The number of aryl methyl sites for hydroxylation is 1. The molecule has 0 aliphatic rings. The van der Waals surface area contributed by atoms with E-state index >= 15 is 0 Å². The van der Waals surface area contributed by atoms with Crippen molar-refractivity contribution in [1.29, 1.82) is 0 Å². The molecular formula is C21H21N3O2. The largest absolute Gasteiger partial charge is 0.326 e. The van der Waals surface area contributed by atoms with Gasteiger partial charge in [0.15, 0.2) is 0 Å². The number of amides is 1. The molecule has 1 unspecified atom stereocenters. The summed E-state index contributed by atoms with van der Waals surface area (Å²) in [5.74, 6) is -0.201. The molecule has 3 rings (SSSR count). The van der Waals surface area contributed by atoms with Crippen LogP contribution in [0.4, 0.5) is 5.69 Å². The first-order valence-corrected chi connectivity index (χ1v) is 8.59. The van der Waals surface area contributed by atoms with Crippen LogP contribution in [0.5, 0.6) is 0 Å². The molecule has 0 bridgehead atoms. The van der Waals surface area contributed by atoms with Crippen LogP contribution in [0.25, 0.3) is 11.3 Å². The molecule has 0 saturated heterocycles. The Balaban J connectivity index is 1.75. The molecule has 2 aromatic carbocycles. The fourth-order valence-corrected chi connectivity index (χ4v) is 2.87. The zero-order valence-corrected chi connectivity index (χ0v) is 14.8. The summed E-state index contributed by atoms with van der Waals surface area (Å²) in [6.45, 7) is 2.01. The first-order valence-electron chi connectivity index (χ1n) is 8.59. The summed E-state index contributed by atoms with van der Waals surface area (Å²) < 4.78 is 1.30. The lowest BCUT2D eigenvalue weighted by atomic mass is 9.95. The predicted molar refractivity (Wildman–Crippen MR) is 103 cm³/mol. The number of hydrogen-bond donors (Lipinski definition) is 1. The Morgan fingerprint density at radius 3 is 2.35 bits per heavy atom. The zero-order chi connectivity index (χ0) is 18.5. The molecule has 0 saturated carbocycles. The standard InChI is InChI=1S/C21H21N3O2/c1-3-18(15-7-5-4-6-8-15)21(26)22-17-11-9-16(10-12-17)19-13-14-20(25)24(2)23-19/h4-14,18H,3H2,1-2H3,(H,22,26). The molecule has 0 fully saturated rings. The number of rotatable bonds is 5. The Morgan fingerprint density at radius 2 is 1.73 bits per heavy atom. The Bertz CT molecular complexity index is 947. The predicted octanol–water partition coefficient (Wildman–Crippen LogP) is 3.58. The van der Waals surface area contributed by atoms with Gasteiger partial charge < -0.3 is 5.32 Å². The van der Waals surface area contributed by atoms with Gasteiger partial charge in [0.25, 0.3) is 5.56 Å². The second-order valence-corrected chi connectivity index (χ2v) is 6.12. The number of hydrogen-bond acceptors (Lipinski definition) is 3. The molecule has 5 heteroatoms. The SMILES string of the molecule is CCC(C(=O)Nc1ccc(-c2ccc(=O)n(C)n2)cc1)c1ccccc1. The first-order chi connectivity index (χ1) is 12.6. The van der Waals surface area contributed by atoms with Crippen molar-refractivity contribution >= 4 is 11.6 Å². The van der Waals surface area contributed by atoms with Crippen LogP contribution < -0.4 is 10.9 Å². The highest BCUT2D eigenvalue weighted by molar-refractivity contribution is 5.96. The van der Waals surface area contributed by atoms with Crippen molar-refractivity contribution in [2.75, 3.05) is 5.32 Å². The van der Waals surface area contributed by atoms with E-state index in [4.69, 9.17) is 0 Å². The lowest BCUT2D eigenvalue weighted by molar-refractivity contribution is -0.117. The van der Waals surface area contributed by atoms with Crippen LogP contribution in [0, 0.1) is 0 Å². The summed E-state index contributed by atoms with van der Waals surface area (Å²) in [5.41, 5.74) is 3.19. The van der Waals surface area contributed by atoms with Gasteiger partial charge in [-0.05, 0) is 30.2 Å². The van der Waals surface area contributed by atoms with E-state index < -0.39 is 0 Å². The highest BCUT2D eigenvalue weighted by atomic mass is 16.2. The van der Waals surface area contributed by atoms with Gasteiger partial charge in [0, 0.05) is 24.4 Å². The summed E-state index contributed by atoms with van der Waals surface area (Å²) in [6, 6.07) is 20.4. The number of benzene rings is 2. The summed E-state index contributed by atoms with van der Waals surface area (Å²) in [5, 5.41) is 7.21. The van der Waals surface area contributed by atoms with Crippen LogP contribution >= 0.6 is 0 Å². The topological polar surface area (TPSA) is 64.0 Å². The Morgan fingerprint density at radius 1 is 1.04 bits per heavy atom. The van der Waals surface area contributed by atoms with E-state index in [-0.39, 0.29) is 17.4 Å². The summed E-state index contributed by atoms with van der Waals surface area (Å²) in [6.07, 6.45) is 0.732. The zero-order valence-electron chi connectivity index (χ0n) is 14.8. The Labute approximate surface area is 152 Å². The number of carbonyl (C=O) groups excluding carboxylic acids is 1. The van der Waals surface area contributed by atoms with Crippen LogP contribution in [-0.2, 0) is 11.8 Å². The van der Waals surface area contributed by atoms with E-state index in [0.717, 1.165) is 23.2 Å². The highest BCUT2D eigenvalue weighted by Crippen LogP contribution is 2.23. The fraction of sp³-hybridized carbons (Fsp3) is 0.190. The number of aromatic nitrogens is 2. The van der Waals surface area contributed by atoms with Crippen molar-refractivity contribution < 1.29 is 4.79 Å². The van der Waals surface area contributed by atoms with E-state index in [2.05, 4.69) is 10.4 Å². The van der Waals surface area contributed by atoms with Gasteiger partial charge in [-0.3, -0.25) is 9.59 Å². The second-order valence-electron chi connectivity index (χ2n) is 6.12. The molecule has 0 aliphatic heterocycles. The third-order valence-electron chi connectivity index (χ3n) is 4.34. The quantitative estimate of drug-likeness (QED) is 0.767. The van der Waals surface area contributed by atoms with Gasteiger partial charge in [-0.25, -0.2) is 4.68 Å². The third-order valence-corrected chi connectivity index (χ3v) is 4.34. The Kier molecular flexibility index (Phi) is 5.27. The van der Waals surface area contributed by atoms with Gasteiger partial charge in [0.05, 0.1) is 11.6 Å². The molecule has 1 aromatic heterocycles. The van der Waals surface area contributed by atoms with Crippen LogP contribution in [0.2, 0.25) is 0 Å². The van der Waals surface area contributed by atoms with Crippen LogP contribution in [-0.4, -0.2) is 15.7 Å². The van der Waals surface area contributed by atoms with Gasteiger partial charge in [0.1, 0.15) is 0 Å². The molecule has 0 spiro atoms. The van der Waals surface area contributed by atoms with E-state index in [1.165, 1.54) is 10.7 Å². The van der Waals surface area contributed by atoms with E-state index in [9.17, 15) is 9.59 Å². The normalized spacial score (nSPS) is 11.8. The van der Waals surface area contributed by atoms with Gasteiger partial charge in [-0.1, -0.05) is 49.4 Å². The molecule has 26 heavy (non-hydrogen) atoms. The molecule has 1 atom stereocenters. The molecule has 1 N–H and O–H groups in total. The third kappa shape index (κ3) is 3.88. The minimum Gasteiger partial charge on any atom is -0.326 e. The molecule has 132 valence electrons. The Hall–Kier alpha value is -3.21. The van der Waals surface area contributed by atoms with Gasteiger partial charge in [-0.15, -0.1) is 0 Å².